The number of hydrogen-bond donors (Lipinski definition) is 1. The highest BCUT2D eigenvalue weighted by Crippen LogP contribution is 2.24. The summed E-state index contributed by atoms with van der Waals surface area (Å²) in [6, 6.07) is 9.32. The molecule has 1 aromatic carbocycles. The van der Waals surface area contributed by atoms with E-state index in [0.29, 0.717) is 6.54 Å². The summed E-state index contributed by atoms with van der Waals surface area (Å²) in [5.41, 5.74) is 1.79. The summed E-state index contributed by atoms with van der Waals surface area (Å²) in [4.78, 5) is 27.0. The molecule has 156 valence electrons. The summed E-state index contributed by atoms with van der Waals surface area (Å²) in [6.45, 7) is 6.12. The number of anilines is 1. The van der Waals surface area contributed by atoms with Gasteiger partial charge in [-0.3, -0.25) is 9.59 Å². The zero-order chi connectivity index (χ0) is 20.8. The van der Waals surface area contributed by atoms with Crippen LogP contribution in [0.15, 0.2) is 41.3 Å². The number of aromatic nitrogens is 2. The van der Waals surface area contributed by atoms with E-state index < -0.39 is 0 Å². The van der Waals surface area contributed by atoms with Crippen molar-refractivity contribution < 1.29 is 9.53 Å². The van der Waals surface area contributed by atoms with Crippen molar-refractivity contribution in [2.24, 2.45) is 5.92 Å². The summed E-state index contributed by atoms with van der Waals surface area (Å²) in [5, 5.41) is 7.38. The Balaban J connectivity index is 1.55. The van der Waals surface area contributed by atoms with Gasteiger partial charge in [0, 0.05) is 31.6 Å². The second-order valence-electron chi connectivity index (χ2n) is 7.54. The molecule has 0 bridgehead atoms. The molecule has 3 rings (SSSR count). The molecule has 2 aromatic rings. The van der Waals surface area contributed by atoms with Gasteiger partial charge in [0.25, 0.3) is 5.56 Å². The molecule has 29 heavy (non-hydrogen) atoms. The van der Waals surface area contributed by atoms with Gasteiger partial charge in [0.15, 0.2) is 0 Å². The molecule has 1 saturated heterocycles. The second kappa shape index (κ2) is 9.58. The van der Waals surface area contributed by atoms with Crippen LogP contribution in [0, 0.1) is 5.92 Å². The van der Waals surface area contributed by atoms with E-state index in [9.17, 15) is 9.59 Å². The van der Waals surface area contributed by atoms with Gasteiger partial charge in [-0.05, 0) is 43.9 Å². The maximum atomic E-state index is 12.7. The Morgan fingerprint density at radius 1 is 1.31 bits per heavy atom. The Kier molecular flexibility index (Phi) is 6.90. The van der Waals surface area contributed by atoms with Crippen molar-refractivity contribution in [2.75, 3.05) is 25.1 Å². The minimum Gasteiger partial charge on any atom is -0.497 e. The van der Waals surface area contributed by atoms with Crippen LogP contribution in [0.2, 0.25) is 0 Å². The minimum atomic E-state index is -0.0778. The van der Waals surface area contributed by atoms with Crippen molar-refractivity contribution in [3.8, 4) is 5.75 Å². The van der Waals surface area contributed by atoms with Gasteiger partial charge in [0.2, 0.25) is 5.91 Å². The number of ether oxygens (including phenoxy) is 1. The lowest BCUT2D eigenvalue weighted by atomic mass is 9.95. The fourth-order valence-electron chi connectivity index (χ4n) is 3.70. The number of rotatable bonds is 7. The molecular weight excluding hydrogens is 368 g/mol. The number of carbonyl (C=O) groups is 1. The van der Waals surface area contributed by atoms with Gasteiger partial charge in [-0.2, -0.15) is 5.10 Å². The van der Waals surface area contributed by atoms with Gasteiger partial charge in [-0.25, -0.2) is 4.68 Å². The fraction of sp³-hybridized carbons (Fsp3) is 0.500. The predicted molar refractivity (Wildman–Crippen MR) is 113 cm³/mol. The Morgan fingerprint density at radius 2 is 2.07 bits per heavy atom. The lowest BCUT2D eigenvalue weighted by Gasteiger charge is -2.33. The first-order chi connectivity index (χ1) is 14.0. The highest BCUT2D eigenvalue weighted by Gasteiger charge is 2.26. The van der Waals surface area contributed by atoms with E-state index in [-0.39, 0.29) is 23.4 Å². The Bertz CT molecular complexity index is 888. The standard InChI is InChI=1S/C22H30N4O3/c1-4-10-26-21(27)14-19(15-23-26)25-11-8-17(9-12-25)22(28)24-16(2)18-6-5-7-20(13-18)29-3/h5-7,13-17H,4,8-12H2,1-3H3,(H,24,28)/t16-/m0/s1. The van der Waals surface area contributed by atoms with Crippen LogP contribution >= 0.6 is 0 Å². The molecule has 1 fully saturated rings. The molecule has 1 atom stereocenters. The Labute approximate surface area is 171 Å². The number of amides is 1. The van der Waals surface area contributed by atoms with E-state index in [2.05, 4.69) is 15.3 Å². The van der Waals surface area contributed by atoms with Crippen LogP contribution < -0.4 is 20.5 Å². The lowest BCUT2D eigenvalue weighted by Crippen LogP contribution is -2.41. The molecular formula is C22H30N4O3. The van der Waals surface area contributed by atoms with Crippen LogP contribution in [0.25, 0.3) is 0 Å². The summed E-state index contributed by atoms with van der Waals surface area (Å²) in [6.07, 6.45) is 4.15. The third kappa shape index (κ3) is 5.16. The topological polar surface area (TPSA) is 76.5 Å². The summed E-state index contributed by atoms with van der Waals surface area (Å²) < 4.78 is 6.75. The number of aryl methyl sites for hydroxylation is 1. The maximum absolute atomic E-state index is 12.7. The van der Waals surface area contributed by atoms with E-state index in [4.69, 9.17) is 4.74 Å². The number of methoxy groups -OCH3 is 1. The van der Waals surface area contributed by atoms with Gasteiger partial charge in [0.1, 0.15) is 5.75 Å². The molecule has 0 radical (unpaired) electrons. The van der Waals surface area contributed by atoms with Crippen LogP contribution in [0.4, 0.5) is 5.69 Å². The third-order valence-corrected chi connectivity index (χ3v) is 5.47. The van der Waals surface area contributed by atoms with Crippen molar-refractivity contribution in [2.45, 2.75) is 45.7 Å². The fourth-order valence-corrected chi connectivity index (χ4v) is 3.70. The first kappa shape index (κ1) is 20.9. The Morgan fingerprint density at radius 3 is 2.72 bits per heavy atom. The van der Waals surface area contributed by atoms with Gasteiger partial charge in [-0.1, -0.05) is 19.1 Å². The molecule has 1 aromatic heterocycles. The first-order valence-electron chi connectivity index (χ1n) is 10.3. The average Bonchev–Trinajstić information content (AvgIpc) is 2.75. The van der Waals surface area contributed by atoms with Crippen LogP contribution in [0.3, 0.4) is 0 Å². The molecule has 7 heteroatoms. The van der Waals surface area contributed by atoms with Crippen LogP contribution in [0.5, 0.6) is 5.75 Å². The summed E-state index contributed by atoms with van der Waals surface area (Å²) in [7, 11) is 1.64. The maximum Gasteiger partial charge on any atom is 0.268 e. The number of piperidine rings is 1. The molecule has 0 saturated carbocycles. The molecule has 1 amide bonds. The molecule has 0 unspecified atom stereocenters. The second-order valence-corrected chi connectivity index (χ2v) is 7.54. The monoisotopic (exact) mass is 398 g/mol. The largest absolute Gasteiger partial charge is 0.497 e. The predicted octanol–water partition coefficient (Wildman–Crippen LogP) is 2.76. The molecule has 1 aliphatic rings. The van der Waals surface area contributed by atoms with E-state index in [1.807, 2.05) is 38.1 Å². The van der Waals surface area contributed by atoms with E-state index in [0.717, 1.165) is 49.4 Å². The average molecular weight is 399 g/mol. The normalized spacial score (nSPS) is 15.8. The molecule has 0 spiro atoms. The molecule has 7 nitrogen and oxygen atoms in total. The van der Waals surface area contributed by atoms with Gasteiger partial charge >= 0.3 is 0 Å². The summed E-state index contributed by atoms with van der Waals surface area (Å²) >= 11 is 0. The van der Waals surface area contributed by atoms with Gasteiger partial charge < -0.3 is 15.0 Å². The highest BCUT2D eigenvalue weighted by molar-refractivity contribution is 5.79. The van der Waals surface area contributed by atoms with Gasteiger partial charge in [0.05, 0.1) is 25.0 Å². The minimum absolute atomic E-state index is 0.0206. The first-order valence-corrected chi connectivity index (χ1v) is 10.3. The van der Waals surface area contributed by atoms with Crippen LogP contribution in [-0.2, 0) is 11.3 Å². The highest BCUT2D eigenvalue weighted by atomic mass is 16.5. The van der Waals surface area contributed by atoms with Gasteiger partial charge in [-0.15, -0.1) is 0 Å². The zero-order valence-corrected chi connectivity index (χ0v) is 17.4. The molecule has 0 aliphatic carbocycles. The SMILES string of the molecule is CCCn1ncc(N2CCC(C(=O)N[C@@H](C)c3cccc(OC)c3)CC2)cc1=O. The molecule has 2 heterocycles. The Hall–Kier alpha value is -2.83. The number of carbonyl (C=O) groups excluding carboxylic acids is 1. The smallest absolute Gasteiger partial charge is 0.268 e. The van der Waals surface area contributed by atoms with E-state index in [1.165, 1.54) is 4.68 Å². The lowest BCUT2D eigenvalue weighted by molar-refractivity contribution is -0.126. The van der Waals surface area contributed by atoms with Crippen molar-refractivity contribution in [3.05, 3.63) is 52.4 Å². The van der Waals surface area contributed by atoms with Crippen molar-refractivity contribution in [1.82, 2.24) is 15.1 Å². The third-order valence-electron chi connectivity index (χ3n) is 5.47. The quantitative estimate of drug-likeness (QED) is 0.776. The summed E-state index contributed by atoms with van der Waals surface area (Å²) in [5.74, 6) is 0.843. The number of hydrogen-bond acceptors (Lipinski definition) is 5. The molecule has 1 N–H and O–H groups in total. The van der Waals surface area contributed by atoms with Crippen molar-refractivity contribution in [3.63, 3.8) is 0 Å². The van der Waals surface area contributed by atoms with Crippen molar-refractivity contribution >= 4 is 11.6 Å². The number of nitrogens with zero attached hydrogens (tertiary/aromatic N) is 3. The molecule has 1 aliphatic heterocycles. The zero-order valence-electron chi connectivity index (χ0n) is 17.4. The van der Waals surface area contributed by atoms with Crippen LogP contribution in [-0.4, -0.2) is 35.9 Å². The van der Waals surface area contributed by atoms with E-state index >= 15 is 0 Å². The van der Waals surface area contributed by atoms with Crippen molar-refractivity contribution in [1.29, 1.82) is 0 Å². The van der Waals surface area contributed by atoms with Crippen LogP contribution in [0.1, 0.15) is 44.7 Å². The number of benzene rings is 1. The van der Waals surface area contributed by atoms with E-state index in [1.54, 1.807) is 19.4 Å². The number of nitrogens with one attached hydrogen (secondary N) is 1.